The Morgan fingerprint density at radius 1 is 0.860 bits per heavy atom. The van der Waals surface area contributed by atoms with E-state index in [1.54, 1.807) is 37.4 Å². The quantitative estimate of drug-likeness (QED) is 0.276. The number of sulfonamides is 1. The minimum absolute atomic E-state index is 0.0360. The van der Waals surface area contributed by atoms with Gasteiger partial charge in [-0.1, -0.05) is 49.4 Å². The molecule has 0 heterocycles. The van der Waals surface area contributed by atoms with Gasteiger partial charge in [-0.15, -0.1) is 0 Å². The van der Waals surface area contributed by atoms with Crippen molar-refractivity contribution in [1.29, 1.82) is 0 Å². The van der Waals surface area contributed by atoms with E-state index in [1.165, 1.54) is 25.2 Å². The maximum Gasteiger partial charge on any atom is 0.244 e. The van der Waals surface area contributed by atoms with Gasteiger partial charge in [-0.25, -0.2) is 8.42 Å². The molecule has 3 aromatic carbocycles. The highest BCUT2D eigenvalue weighted by Crippen LogP contribution is 2.34. The molecule has 3 rings (SSSR count). The van der Waals surface area contributed by atoms with Gasteiger partial charge < -0.3 is 24.4 Å². The van der Waals surface area contributed by atoms with E-state index in [0.29, 0.717) is 23.5 Å². The molecule has 0 aliphatic carbocycles. The average Bonchev–Trinajstić information content (AvgIpc) is 3.00. The van der Waals surface area contributed by atoms with Gasteiger partial charge in [-0.05, 0) is 48.7 Å². The van der Waals surface area contributed by atoms with Crippen LogP contribution >= 0.6 is 0 Å². The molecule has 0 saturated carbocycles. The van der Waals surface area contributed by atoms with Gasteiger partial charge in [0.2, 0.25) is 21.8 Å². The number of carbonyl (C=O) groups excluding carboxylic acids is 2. The summed E-state index contributed by atoms with van der Waals surface area (Å²) in [5, 5.41) is 3.02. The molecule has 0 bridgehead atoms. The molecule has 0 unspecified atom stereocenters. The van der Waals surface area contributed by atoms with Crippen LogP contribution in [0, 0.1) is 0 Å². The number of nitrogens with one attached hydrogen (secondary N) is 1. The number of hydrogen-bond donors (Lipinski definition) is 1. The Morgan fingerprint density at radius 3 is 2.12 bits per heavy atom. The minimum atomic E-state index is -3.99. The summed E-state index contributed by atoms with van der Waals surface area (Å²) in [7, 11) is 0.436. The number of benzene rings is 3. The highest BCUT2D eigenvalue weighted by atomic mass is 32.2. The molecule has 0 aromatic heterocycles. The Labute approximate surface area is 254 Å². The van der Waals surface area contributed by atoms with Crippen LogP contribution < -0.4 is 23.8 Å². The van der Waals surface area contributed by atoms with Gasteiger partial charge >= 0.3 is 0 Å². The number of rotatable bonds is 15. The van der Waals surface area contributed by atoms with Gasteiger partial charge in [-0.3, -0.25) is 13.9 Å². The van der Waals surface area contributed by atoms with E-state index in [-0.39, 0.29) is 36.4 Å². The van der Waals surface area contributed by atoms with E-state index in [0.717, 1.165) is 16.1 Å². The lowest BCUT2D eigenvalue weighted by atomic mass is 10.0. The van der Waals surface area contributed by atoms with Crippen LogP contribution in [0.25, 0.3) is 0 Å². The third-order valence-electron chi connectivity index (χ3n) is 7.09. The largest absolute Gasteiger partial charge is 0.497 e. The molecule has 0 aliphatic rings. The molecule has 232 valence electrons. The first-order valence-corrected chi connectivity index (χ1v) is 15.8. The number of amides is 2. The Hall–Kier alpha value is -4.25. The first kappa shape index (κ1) is 33.3. The lowest BCUT2D eigenvalue weighted by molar-refractivity contribution is -0.140. The van der Waals surface area contributed by atoms with Crippen LogP contribution in [0.2, 0.25) is 0 Å². The molecule has 2 amide bonds. The Bertz CT molecular complexity index is 1480. The standard InChI is InChI=1S/C32H41N3O7S/c1-7-23(2)33-32(37)29(19-24-12-9-8-10-13-24)34(21-25-14-11-15-26(18-25)40-3)31(36)22-35(43(6,38)39)28-20-27(41-4)16-17-30(28)42-5/h8-18,20,23,29H,7,19,21-22H2,1-6H3,(H,33,37)/t23-,29-/m0/s1. The lowest BCUT2D eigenvalue weighted by Crippen LogP contribution is -2.54. The monoisotopic (exact) mass is 611 g/mol. The number of ether oxygens (including phenoxy) is 3. The van der Waals surface area contributed by atoms with Crippen molar-refractivity contribution < 1.29 is 32.2 Å². The van der Waals surface area contributed by atoms with Crippen LogP contribution in [-0.2, 0) is 32.6 Å². The normalized spacial score (nSPS) is 12.5. The first-order chi connectivity index (χ1) is 20.5. The molecule has 0 spiro atoms. The summed E-state index contributed by atoms with van der Waals surface area (Å²) >= 11 is 0. The smallest absolute Gasteiger partial charge is 0.244 e. The van der Waals surface area contributed by atoms with E-state index in [4.69, 9.17) is 14.2 Å². The molecule has 43 heavy (non-hydrogen) atoms. The fraction of sp³-hybridized carbons (Fsp3) is 0.375. The summed E-state index contributed by atoms with van der Waals surface area (Å²) in [5.41, 5.74) is 1.71. The number of methoxy groups -OCH3 is 3. The predicted octanol–water partition coefficient (Wildman–Crippen LogP) is 4.03. The molecular formula is C32H41N3O7S. The summed E-state index contributed by atoms with van der Waals surface area (Å²) in [5.74, 6) is 0.318. The minimum Gasteiger partial charge on any atom is -0.497 e. The molecule has 0 aliphatic heterocycles. The summed E-state index contributed by atoms with van der Waals surface area (Å²) in [6.07, 6.45) is 1.94. The van der Waals surface area contributed by atoms with Crippen LogP contribution in [-0.4, -0.2) is 71.3 Å². The van der Waals surface area contributed by atoms with Gasteiger partial charge in [0.15, 0.2) is 0 Å². The van der Waals surface area contributed by atoms with Crippen LogP contribution in [0.4, 0.5) is 5.69 Å². The SMILES string of the molecule is CC[C@H](C)NC(=O)[C@H](Cc1ccccc1)N(Cc1cccc(OC)c1)C(=O)CN(c1cc(OC)ccc1OC)S(C)(=O)=O. The van der Waals surface area contributed by atoms with Crippen molar-refractivity contribution in [3.63, 3.8) is 0 Å². The van der Waals surface area contributed by atoms with E-state index in [9.17, 15) is 18.0 Å². The fourth-order valence-electron chi connectivity index (χ4n) is 4.55. The fourth-order valence-corrected chi connectivity index (χ4v) is 5.39. The first-order valence-electron chi connectivity index (χ1n) is 14.0. The molecule has 0 fully saturated rings. The van der Waals surface area contributed by atoms with Crippen LogP contribution in [0.5, 0.6) is 17.2 Å². The van der Waals surface area contributed by atoms with Gasteiger partial charge in [0.05, 0.1) is 33.3 Å². The number of anilines is 1. The maximum absolute atomic E-state index is 14.3. The van der Waals surface area contributed by atoms with Crippen LogP contribution in [0.1, 0.15) is 31.4 Å². The molecule has 11 heteroatoms. The number of carbonyl (C=O) groups is 2. The third-order valence-corrected chi connectivity index (χ3v) is 8.22. The van der Waals surface area contributed by atoms with Gasteiger partial charge in [-0.2, -0.15) is 0 Å². The van der Waals surface area contributed by atoms with Crippen molar-refractivity contribution in [3.05, 3.63) is 83.9 Å². The molecular weight excluding hydrogens is 570 g/mol. The highest BCUT2D eigenvalue weighted by molar-refractivity contribution is 7.92. The van der Waals surface area contributed by atoms with E-state index < -0.39 is 28.5 Å². The Balaban J connectivity index is 2.13. The van der Waals surface area contributed by atoms with E-state index in [2.05, 4.69) is 5.32 Å². The van der Waals surface area contributed by atoms with Gasteiger partial charge in [0.1, 0.15) is 29.8 Å². The maximum atomic E-state index is 14.3. The van der Waals surface area contributed by atoms with Crippen LogP contribution in [0.15, 0.2) is 72.8 Å². The predicted molar refractivity (Wildman–Crippen MR) is 167 cm³/mol. The van der Waals surface area contributed by atoms with E-state index in [1.807, 2.05) is 50.2 Å². The molecule has 3 aromatic rings. The zero-order valence-corrected chi connectivity index (χ0v) is 26.4. The molecule has 1 N–H and O–H groups in total. The highest BCUT2D eigenvalue weighted by Gasteiger charge is 2.34. The summed E-state index contributed by atoms with van der Waals surface area (Å²) in [6, 6.07) is 20.2. The average molecular weight is 612 g/mol. The topological polar surface area (TPSA) is 114 Å². The Kier molecular flexibility index (Phi) is 11.8. The van der Waals surface area contributed by atoms with Crippen molar-refractivity contribution in [3.8, 4) is 17.2 Å². The molecule has 0 saturated heterocycles. The second kappa shape index (κ2) is 15.3. The Morgan fingerprint density at radius 2 is 1.51 bits per heavy atom. The molecule has 2 atom stereocenters. The number of nitrogens with zero attached hydrogens (tertiary/aromatic N) is 2. The van der Waals surface area contributed by atoms with Gasteiger partial charge in [0, 0.05) is 25.1 Å². The van der Waals surface area contributed by atoms with Crippen molar-refractivity contribution in [2.24, 2.45) is 0 Å². The lowest BCUT2D eigenvalue weighted by Gasteiger charge is -2.34. The zero-order valence-electron chi connectivity index (χ0n) is 25.6. The van der Waals surface area contributed by atoms with Crippen molar-refractivity contribution in [2.45, 2.75) is 45.3 Å². The second-order valence-electron chi connectivity index (χ2n) is 10.2. The summed E-state index contributed by atoms with van der Waals surface area (Å²) < 4.78 is 43.4. The van der Waals surface area contributed by atoms with Crippen molar-refractivity contribution in [2.75, 3.05) is 38.4 Å². The van der Waals surface area contributed by atoms with Crippen molar-refractivity contribution >= 4 is 27.5 Å². The van der Waals surface area contributed by atoms with E-state index >= 15 is 0 Å². The molecule has 10 nitrogen and oxygen atoms in total. The van der Waals surface area contributed by atoms with Crippen molar-refractivity contribution in [1.82, 2.24) is 10.2 Å². The summed E-state index contributed by atoms with van der Waals surface area (Å²) in [4.78, 5) is 29.6. The summed E-state index contributed by atoms with van der Waals surface area (Å²) in [6.45, 7) is 3.32. The van der Waals surface area contributed by atoms with Gasteiger partial charge in [0.25, 0.3) is 0 Å². The van der Waals surface area contributed by atoms with Crippen LogP contribution in [0.3, 0.4) is 0 Å². The number of hydrogen-bond acceptors (Lipinski definition) is 7. The molecule has 0 radical (unpaired) electrons. The third kappa shape index (κ3) is 9.12. The second-order valence-corrected chi connectivity index (χ2v) is 12.1. The zero-order chi connectivity index (χ0) is 31.6.